The van der Waals surface area contributed by atoms with E-state index in [0.29, 0.717) is 6.42 Å². The minimum absolute atomic E-state index is 0.112. The van der Waals surface area contributed by atoms with E-state index in [1.165, 1.54) is 5.56 Å². The lowest BCUT2D eigenvalue weighted by molar-refractivity contribution is -0.107. The van der Waals surface area contributed by atoms with Crippen LogP contribution in [0.1, 0.15) is 39.2 Å². The minimum Gasteiger partial charge on any atom is -0.370 e. The van der Waals surface area contributed by atoms with Crippen LogP contribution in [-0.4, -0.2) is 27.6 Å². The van der Waals surface area contributed by atoms with Crippen molar-refractivity contribution in [3.63, 3.8) is 0 Å². The van der Waals surface area contributed by atoms with Gasteiger partial charge in [-0.2, -0.15) is 5.10 Å². The number of nitrogens with one attached hydrogen (secondary N) is 1. The summed E-state index contributed by atoms with van der Waals surface area (Å²) < 4.78 is 1.92. The van der Waals surface area contributed by atoms with Gasteiger partial charge >= 0.3 is 0 Å². The standard InChI is InChI=1S/C22H26N4O/c1-22(2,3)18-6-8-19(9-7-18)26-21(24-12-4-5-15-27)16-20(25-26)17-10-13-23-14-11-17/h6-11,13-16,24H,4-5,12H2,1-3H3. The molecule has 0 unspecified atom stereocenters. The van der Waals surface area contributed by atoms with Gasteiger partial charge in [-0.3, -0.25) is 4.98 Å². The van der Waals surface area contributed by atoms with E-state index < -0.39 is 0 Å². The number of unbranched alkanes of at least 4 members (excludes halogenated alkanes) is 1. The van der Waals surface area contributed by atoms with Crippen molar-refractivity contribution in [2.24, 2.45) is 0 Å². The van der Waals surface area contributed by atoms with Crippen LogP contribution in [0.3, 0.4) is 0 Å². The molecular weight excluding hydrogens is 336 g/mol. The van der Waals surface area contributed by atoms with Crippen molar-refractivity contribution in [1.82, 2.24) is 14.8 Å². The topological polar surface area (TPSA) is 59.8 Å². The number of aromatic nitrogens is 3. The number of hydrogen-bond acceptors (Lipinski definition) is 4. The number of aldehydes is 1. The molecule has 0 fully saturated rings. The van der Waals surface area contributed by atoms with Crippen LogP contribution in [0.2, 0.25) is 0 Å². The van der Waals surface area contributed by atoms with Crippen LogP contribution in [0.4, 0.5) is 5.82 Å². The number of benzene rings is 1. The van der Waals surface area contributed by atoms with Crippen LogP contribution in [-0.2, 0) is 10.2 Å². The minimum atomic E-state index is 0.112. The zero-order chi connectivity index (χ0) is 19.3. The van der Waals surface area contributed by atoms with Crippen LogP contribution < -0.4 is 5.32 Å². The molecule has 3 aromatic rings. The summed E-state index contributed by atoms with van der Waals surface area (Å²) in [5.41, 5.74) is 4.30. The predicted octanol–water partition coefficient (Wildman–Crippen LogP) is 4.62. The van der Waals surface area contributed by atoms with E-state index in [1.807, 2.05) is 22.9 Å². The summed E-state index contributed by atoms with van der Waals surface area (Å²) in [6, 6.07) is 14.4. The number of hydrogen-bond donors (Lipinski definition) is 1. The van der Waals surface area contributed by atoms with Gasteiger partial charge in [0.25, 0.3) is 0 Å². The molecule has 0 radical (unpaired) electrons. The Kier molecular flexibility index (Phi) is 5.69. The van der Waals surface area contributed by atoms with Gasteiger partial charge in [-0.05, 0) is 41.7 Å². The van der Waals surface area contributed by atoms with Crippen LogP contribution in [0, 0.1) is 0 Å². The zero-order valence-corrected chi connectivity index (χ0v) is 16.1. The zero-order valence-electron chi connectivity index (χ0n) is 16.1. The second-order valence-corrected chi connectivity index (χ2v) is 7.60. The van der Waals surface area contributed by atoms with E-state index in [0.717, 1.165) is 42.0 Å². The molecule has 0 saturated carbocycles. The maximum absolute atomic E-state index is 10.6. The third kappa shape index (κ3) is 4.61. The molecule has 0 aliphatic carbocycles. The van der Waals surface area contributed by atoms with Crippen molar-refractivity contribution in [3.05, 3.63) is 60.4 Å². The van der Waals surface area contributed by atoms with Gasteiger partial charge in [0.1, 0.15) is 12.1 Å². The van der Waals surface area contributed by atoms with Gasteiger partial charge < -0.3 is 10.1 Å². The highest BCUT2D eigenvalue weighted by molar-refractivity contribution is 5.64. The molecule has 0 amide bonds. The highest BCUT2D eigenvalue weighted by atomic mass is 16.1. The van der Waals surface area contributed by atoms with E-state index in [4.69, 9.17) is 5.10 Å². The van der Waals surface area contributed by atoms with Crippen LogP contribution in [0.25, 0.3) is 16.9 Å². The summed E-state index contributed by atoms with van der Waals surface area (Å²) >= 11 is 0. The molecule has 0 aliphatic rings. The lowest BCUT2D eigenvalue weighted by atomic mass is 9.87. The van der Waals surface area contributed by atoms with Gasteiger partial charge in [-0.1, -0.05) is 32.9 Å². The normalized spacial score (nSPS) is 11.4. The quantitative estimate of drug-likeness (QED) is 0.492. The van der Waals surface area contributed by atoms with Gasteiger partial charge in [0.15, 0.2) is 0 Å². The molecule has 2 heterocycles. The van der Waals surface area contributed by atoms with Crippen molar-refractivity contribution in [2.45, 2.75) is 39.0 Å². The number of carbonyl (C=O) groups is 1. The Morgan fingerprint density at radius 1 is 1.07 bits per heavy atom. The van der Waals surface area contributed by atoms with Gasteiger partial charge in [-0.15, -0.1) is 0 Å². The second-order valence-electron chi connectivity index (χ2n) is 7.60. The summed E-state index contributed by atoms with van der Waals surface area (Å²) in [4.78, 5) is 14.6. The van der Waals surface area contributed by atoms with Crippen LogP contribution in [0.5, 0.6) is 0 Å². The largest absolute Gasteiger partial charge is 0.370 e. The van der Waals surface area contributed by atoms with Crippen molar-refractivity contribution in [1.29, 1.82) is 0 Å². The van der Waals surface area contributed by atoms with Gasteiger partial charge in [-0.25, -0.2) is 4.68 Å². The van der Waals surface area contributed by atoms with Crippen molar-refractivity contribution in [3.8, 4) is 16.9 Å². The average molecular weight is 362 g/mol. The SMILES string of the molecule is CC(C)(C)c1ccc(-n2nc(-c3ccncc3)cc2NCCCC=O)cc1. The number of carbonyl (C=O) groups excluding carboxylic acids is 1. The monoisotopic (exact) mass is 362 g/mol. The summed E-state index contributed by atoms with van der Waals surface area (Å²) in [6.45, 7) is 7.34. The molecule has 1 N–H and O–H groups in total. The van der Waals surface area contributed by atoms with E-state index >= 15 is 0 Å². The Hall–Kier alpha value is -2.95. The lowest BCUT2D eigenvalue weighted by Crippen LogP contribution is -2.11. The Bertz CT molecular complexity index is 877. The first-order chi connectivity index (χ1) is 13.0. The van der Waals surface area contributed by atoms with Crippen molar-refractivity contribution >= 4 is 12.1 Å². The van der Waals surface area contributed by atoms with Gasteiger partial charge in [0.05, 0.1) is 11.4 Å². The summed E-state index contributed by atoms with van der Waals surface area (Å²) in [6.07, 6.45) is 5.83. The van der Waals surface area contributed by atoms with E-state index in [2.05, 4.69) is 55.3 Å². The van der Waals surface area contributed by atoms with Crippen molar-refractivity contribution < 1.29 is 4.79 Å². The highest BCUT2D eigenvalue weighted by Crippen LogP contribution is 2.27. The fourth-order valence-electron chi connectivity index (χ4n) is 2.87. The molecule has 0 spiro atoms. The maximum atomic E-state index is 10.6. The number of anilines is 1. The smallest absolute Gasteiger partial charge is 0.130 e. The Morgan fingerprint density at radius 2 is 1.78 bits per heavy atom. The molecule has 0 bridgehead atoms. The average Bonchev–Trinajstić information content (AvgIpc) is 3.10. The first kappa shape index (κ1) is 18.8. The molecule has 5 nitrogen and oxygen atoms in total. The second kappa shape index (κ2) is 8.16. The molecule has 0 saturated heterocycles. The third-order valence-electron chi connectivity index (χ3n) is 4.47. The number of pyridine rings is 1. The Labute approximate surface area is 160 Å². The predicted molar refractivity (Wildman–Crippen MR) is 109 cm³/mol. The maximum Gasteiger partial charge on any atom is 0.130 e. The molecule has 140 valence electrons. The third-order valence-corrected chi connectivity index (χ3v) is 4.47. The number of rotatable bonds is 7. The summed E-state index contributed by atoms with van der Waals surface area (Å²) in [5, 5.41) is 8.21. The van der Waals surface area contributed by atoms with Gasteiger partial charge in [0, 0.05) is 37.0 Å². The first-order valence-corrected chi connectivity index (χ1v) is 9.28. The Balaban J connectivity index is 1.94. The van der Waals surface area contributed by atoms with E-state index in [9.17, 15) is 4.79 Å². The molecule has 27 heavy (non-hydrogen) atoms. The molecule has 1 aromatic carbocycles. The molecule has 0 aliphatic heterocycles. The van der Waals surface area contributed by atoms with Gasteiger partial charge in [0.2, 0.25) is 0 Å². The highest BCUT2D eigenvalue weighted by Gasteiger charge is 2.15. The molecule has 0 atom stereocenters. The lowest BCUT2D eigenvalue weighted by Gasteiger charge is -2.19. The fraction of sp³-hybridized carbons (Fsp3) is 0.318. The molecule has 5 heteroatoms. The Morgan fingerprint density at radius 3 is 2.41 bits per heavy atom. The molecular formula is C22H26N4O. The molecule has 2 aromatic heterocycles. The van der Waals surface area contributed by atoms with E-state index in [1.54, 1.807) is 12.4 Å². The van der Waals surface area contributed by atoms with E-state index in [-0.39, 0.29) is 5.41 Å². The number of nitrogens with zero attached hydrogens (tertiary/aromatic N) is 3. The summed E-state index contributed by atoms with van der Waals surface area (Å²) in [7, 11) is 0. The van der Waals surface area contributed by atoms with Crippen LogP contribution >= 0.6 is 0 Å². The first-order valence-electron chi connectivity index (χ1n) is 9.28. The van der Waals surface area contributed by atoms with Crippen LogP contribution in [0.15, 0.2) is 54.9 Å². The molecule has 3 rings (SSSR count). The fourth-order valence-corrected chi connectivity index (χ4v) is 2.87. The van der Waals surface area contributed by atoms with Crippen molar-refractivity contribution in [2.75, 3.05) is 11.9 Å². The summed E-state index contributed by atoms with van der Waals surface area (Å²) in [5.74, 6) is 0.913.